The predicted molar refractivity (Wildman–Crippen MR) is 138 cm³/mol. The Kier molecular flexibility index (Phi) is 8.08. The first-order valence-electron chi connectivity index (χ1n) is 12.1. The summed E-state index contributed by atoms with van der Waals surface area (Å²) in [5.41, 5.74) is 1.76. The van der Waals surface area contributed by atoms with Gasteiger partial charge in [-0.2, -0.15) is 0 Å². The van der Waals surface area contributed by atoms with Crippen LogP contribution in [0, 0.1) is 0 Å². The molecule has 3 aromatic rings. The molecule has 0 saturated carbocycles. The number of Topliss-reactive ketones (excluding diaryl/α,β-unsaturated/α-hetero) is 1. The highest BCUT2D eigenvalue weighted by Gasteiger charge is 2.46. The monoisotopic (exact) mass is 502 g/mol. The summed E-state index contributed by atoms with van der Waals surface area (Å²) in [5, 5.41) is 11.3. The topological polar surface area (TPSA) is 98.2 Å². The van der Waals surface area contributed by atoms with Gasteiger partial charge in [0.1, 0.15) is 11.5 Å². The SMILES string of the molecule is CCCCOc1ccc(/C(O)=C2/C(=O)C(=O)N(Cc3cccnc3)C2c2ccc(OC)c(OC)c2)cc1. The highest BCUT2D eigenvalue weighted by atomic mass is 16.5. The van der Waals surface area contributed by atoms with Crippen molar-refractivity contribution in [2.75, 3.05) is 20.8 Å². The first-order valence-corrected chi connectivity index (χ1v) is 12.1. The van der Waals surface area contributed by atoms with E-state index in [1.807, 2.05) is 6.07 Å². The zero-order chi connectivity index (χ0) is 26.4. The lowest BCUT2D eigenvalue weighted by Crippen LogP contribution is -2.29. The summed E-state index contributed by atoms with van der Waals surface area (Å²) in [6.45, 7) is 2.82. The van der Waals surface area contributed by atoms with Crippen LogP contribution in [0.5, 0.6) is 17.2 Å². The fourth-order valence-corrected chi connectivity index (χ4v) is 4.30. The molecule has 192 valence electrons. The van der Waals surface area contributed by atoms with E-state index >= 15 is 0 Å². The molecule has 0 aliphatic carbocycles. The number of nitrogens with zero attached hydrogens (tertiary/aromatic N) is 2. The van der Waals surface area contributed by atoms with Gasteiger partial charge in [0.15, 0.2) is 11.5 Å². The second kappa shape index (κ2) is 11.6. The van der Waals surface area contributed by atoms with E-state index in [0.29, 0.717) is 35.0 Å². The van der Waals surface area contributed by atoms with E-state index in [1.54, 1.807) is 60.9 Å². The van der Waals surface area contributed by atoms with Crippen LogP contribution < -0.4 is 14.2 Å². The van der Waals surface area contributed by atoms with E-state index in [0.717, 1.165) is 18.4 Å². The van der Waals surface area contributed by atoms with E-state index in [2.05, 4.69) is 11.9 Å². The van der Waals surface area contributed by atoms with Crippen molar-refractivity contribution in [1.82, 2.24) is 9.88 Å². The molecule has 1 aliphatic rings. The molecule has 0 radical (unpaired) electrons. The van der Waals surface area contributed by atoms with E-state index in [9.17, 15) is 14.7 Å². The van der Waals surface area contributed by atoms with Crippen molar-refractivity contribution in [1.29, 1.82) is 0 Å². The maximum Gasteiger partial charge on any atom is 0.295 e. The number of aromatic nitrogens is 1. The van der Waals surface area contributed by atoms with Gasteiger partial charge in [0.25, 0.3) is 11.7 Å². The van der Waals surface area contributed by atoms with Gasteiger partial charge in [0, 0.05) is 24.5 Å². The van der Waals surface area contributed by atoms with Crippen LogP contribution in [0.25, 0.3) is 5.76 Å². The van der Waals surface area contributed by atoms with Crippen molar-refractivity contribution in [3.63, 3.8) is 0 Å². The van der Waals surface area contributed by atoms with Crippen LogP contribution in [0.3, 0.4) is 0 Å². The second-order valence-corrected chi connectivity index (χ2v) is 8.63. The number of aliphatic hydroxyl groups excluding tert-OH is 1. The van der Waals surface area contributed by atoms with E-state index in [-0.39, 0.29) is 17.9 Å². The molecule has 0 bridgehead atoms. The Morgan fingerprint density at radius 1 is 1.03 bits per heavy atom. The summed E-state index contributed by atoms with van der Waals surface area (Å²) in [6, 6.07) is 14.8. The maximum absolute atomic E-state index is 13.3. The van der Waals surface area contributed by atoms with Crippen LogP contribution >= 0.6 is 0 Å². The lowest BCUT2D eigenvalue weighted by molar-refractivity contribution is -0.140. The molecule has 2 heterocycles. The Morgan fingerprint density at radius 3 is 2.43 bits per heavy atom. The number of pyridine rings is 1. The molecule has 8 heteroatoms. The van der Waals surface area contributed by atoms with Gasteiger partial charge in [0.05, 0.1) is 32.4 Å². The number of carbonyl (C=O) groups is 2. The van der Waals surface area contributed by atoms with Crippen molar-refractivity contribution >= 4 is 17.4 Å². The molecule has 0 spiro atoms. The van der Waals surface area contributed by atoms with Crippen LogP contribution in [0.2, 0.25) is 0 Å². The standard InChI is InChI=1S/C29H30N2O6/c1-4-5-15-37-22-11-8-20(9-12-22)27(32)25-26(21-10-13-23(35-2)24(16-21)36-3)31(29(34)28(25)33)18-19-7-6-14-30-17-19/h6-14,16-17,26,32H,4-5,15,18H2,1-3H3/b27-25-. The number of aliphatic hydroxyl groups is 1. The van der Waals surface area contributed by atoms with Gasteiger partial charge >= 0.3 is 0 Å². The third-order valence-corrected chi connectivity index (χ3v) is 6.23. The van der Waals surface area contributed by atoms with Gasteiger partial charge in [0.2, 0.25) is 0 Å². The van der Waals surface area contributed by atoms with Gasteiger partial charge in [-0.05, 0) is 60.0 Å². The third-order valence-electron chi connectivity index (χ3n) is 6.23. The van der Waals surface area contributed by atoms with Gasteiger partial charge in [-0.1, -0.05) is 25.5 Å². The largest absolute Gasteiger partial charge is 0.507 e. The molecule has 1 aromatic heterocycles. The van der Waals surface area contributed by atoms with Gasteiger partial charge in [-0.25, -0.2) is 0 Å². The quantitative estimate of drug-likeness (QED) is 0.182. The number of likely N-dealkylation sites (tertiary alicyclic amines) is 1. The molecule has 1 aliphatic heterocycles. The normalized spacial score (nSPS) is 16.6. The molecular weight excluding hydrogens is 472 g/mol. The minimum absolute atomic E-state index is 0.000705. The van der Waals surface area contributed by atoms with Crippen molar-refractivity contribution < 1.29 is 28.9 Å². The van der Waals surface area contributed by atoms with Crippen LogP contribution in [-0.4, -0.2) is 47.5 Å². The summed E-state index contributed by atoms with van der Waals surface area (Å²) in [4.78, 5) is 32.1. The lowest BCUT2D eigenvalue weighted by atomic mass is 9.94. The van der Waals surface area contributed by atoms with Crippen LogP contribution in [0.4, 0.5) is 0 Å². The molecular formula is C29H30N2O6. The minimum atomic E-state index is -0.847. The average molecular weight is 503 g/mol. The number of rotatable bonds is 10. The van der Waals surface area contributed by atoms with Crippen molar-refractivity contribution in [2.45, 2.75) is 32.4 Å². The fraction of sp³-hybridized carbons (Fsp3) is 0.276. The Labute approximate surface area is 216 Å². The number of ether oxygens (including phenoxy) is 3. The van der Waals surface area contributed by atoms with Gasteiger partial charge in [-0.3, -0.25) is 14.6 Å². The summed E-state index contributed by atoms with van der Waals surface area (Å²) < 4.78 is 16.5. The second-order valence-electron chi connectivity index (χ2n) is 8.63. The summed E-state index contributed by atoms with van der Waals surface area (Å²) in [7, 11) is 3.04. The highest BCUT2D eigenvalue weighted by Crippen LogP contribution is 2.42. The van der Waals surface area contributed by atoms with Gasteiger partial charge < -0.3 is 24.2 Å². The molecule has 4 rings (SSSR count). The molecule has 8 nitrogen and oxygen atoms in total. The van der Waals surface area contributed by atoms with Crippen LogP contribution in [0.1, 0.15) is 42.5 Å². The number of carbonyl (C=O) groups excluding carboxylic acids is 2. The molecule has 1 N–H and O–H groups in total. The molecule has 2 aromatic carbocycles. The van der Waals surface area contributed by atoms with E-state index in [1.165, 1.54) is 19.1 Å². The predicted octanol–water partition coefficient (Wildman–Crippen LogP) is 4.90. The number of benzene rings is 2. The summed E-state index contributed by atoms with van der Waals surface area (Å²) in [6.07, 6.45) is 5.24. The molecule has 1 unspecified atom stereocenters. The van der Waals surface area contributed by atoms with Crippen LogP contribution in [-0.2, 0) is 16.1 Å². The van der Waals surface area contributed by atoms with Crippen molar-refractivity contribution in [3.8, 4) is 17.2 Å². The Bertz CT molecular complexity index is 1290. The van der Waals surface area contributed by atoms with Gasteiger partial charge in [-0.15, -0.1) is 0 Å². The maximum atomic E-state index is 13.3. The minimum Gasteiger partial charge on any atom is -0.507 e. The molecule has 1 amide bonds. The summed E-state index contributed by atoms with van der Waals surface area (Å²) >= 11 is 0. The Balaban J connectivity index is 1.79. The van der Waals surface area contributed by atoms with Crippen molar-refractivity contribution in [2.24, 2.45) is 0 Å². The first kappa shape index (κ1) is 25.8. The smallest absolute Gasteiger partial charge is 0.295 e. The number of unbranched alkanes of at least 4 members (excludes halogenated alkanes) is 1. The average Bonchev–Trinajstić information content (AvgIpc) is 3.18. The third kappa shape index (κ3) is 5.43. The van der Waals surface area contributed by atoms with E-state index < -0.39 is 17.7 Å². The number of ketones is 1. The van der Waals surface area contributed by atoms with Crippen molar-refractivity contribution in [3.05, 3.63) is 89.3 Å². The first-order chi connectivity index (χ1) is 18.0. The Morgan fingerprint density at radius 2 is 1.78 bits per heavy atom. The molecule has 37 heavy (non-hydrogen) atoms. The highest BCUT2D eigenvalue weighted by molar-refractivity contribution is 6.46. The molecule has 1 atom stereocenters. The molecule has 1 fully saturated rings. The summed E-state index contributed by atoms with van der Waals surface area (Å²) in [5.74, 6) is -0.103. The lowest BCUT2D eigenvalue weighted by Gasteiger charge is -2.26. The number of hydrogen-bond acceptors (Lipinski definition) is 7. The van der Waals surface area contributed by atoms with E-state index in [4.69, 9.17) is 14.2 Å². The zero-order valence-corrected chi connectivity index (χ0v) is 21.1. The Hall–Kier alpha value is -4.33. The number of methoxy groups -OCH3 is 2. The molecule has 1 saturated heterocycles. The zero-order valence-electron chi connectivity index (χ0n) is 21.1. The number of amides is 1. The fourth-order valence-electron chi connectivity index (χ4n) is 4.30. The van der Waals surface area contributed by atoms with Crippen LogP contribution in [0.15, 0.2) is 72.6 Å². The number of hydrogen-bond donors (Lipinski definition) is 1.